The number of nitriles is 1. The Morgan fingerprint density at radius 3 is 2.19 bits per heavy atom. The minimum Gasteiger partial charge on any atom is -0.263 e. The minimum atomic E-state index is -0.921. The molecule has 2 heterocycles. The van der Waals surface area contributed by atoms with Gasteiger partial charge in [-0.1, -0.05) is 48.5 Å². The van der Waals surface area contributed by atoms with Crippen LogP contribution >= 0.6 is 0 Å². The molecule has 154 valence electrons. The second kappa shape index (κ2) is 7.88. The fourth-order valence-electron chi connectivity index (χ4n) is 3.68. The van der Waals surface area contributed by atoms with Crippen LogP contribution in [0.1, 0.15) is 35.5 Å². The molecule has 0 N–H and O–H groups in total. The predicted molar refractivity (Wildman–Crippen MR) is 111 cm³/mol. The Balaban J connectivity index is 1.71. The van der Waals surface area contributed by atoms with E-state index in [1.54, 1.807) is 50.2 Å². The number of carbonyl (C=O) groups excluding carboxylic acids is 3. The highest BCUT2D eigenvalue weighted by atomic mass is 16.2. The van der Waals surface area contributed by atoms with Crippen molar-refractivity contribution in [1.82, 2.24) is 19.6 Å². The van der Waals surface area contributed by atoms with Gasteiger partial charge in [0.1, 0.15) is 6.07 Å². The molecule has 1 aromatic heterocycles. The summed E-state index contributed by atoms with van der Waals surface area (Å²) in [5.41, 5.74) is 2.53. The van der Waals surface area contributed by atoms with Crippen molar-refractivity contribution >= 4 is 17.8 Å². The van der Waals surface area contributed by atoms with Gasteiger partial charge < -0.3 is 0 Å². The van der Waals surface area contributed by atoms with Crippen LogP contribution in [0, 0.1) is 18.3 Å². The third kappa shape index (κ3) is 3.36. The van der Waals surface area contributed by atoms with Crippen LogP contribution in [0.15, 0.2) is 60.7 Å². The number of aryl methyl sites for hydroxylation is 1. The van der Waals surface area contributed by atoms with E-state index in [1.807, 2.05) is 24.3 Å². The number of rotatable bonds is 5. The third-order valence-corrected chi connectivity index (χ3v) is 5.33. The molecule has 1 aliphatic rings. The molecule has 0 radical (unpaired) electrons. The van der Waals surface area contributed by atoms with Gasteiger partial charge in [0.05, 0.1) is 35.2 Å². The van der Waals surface area contributed by atoms with Gasteiger partial charge in [-0.2, -0.15) is 10.4 Å². The molecule has 2 aromatic carbocycles. The summed E-state index contributed by atoms with van der Waals surface area (Å²) >= 11 is 0. The zero-order chi connectivity index (χ0) is 22.1. The van der Waals surface area contributed by atoms with E-state index in [0.29, 0.717) is 17.1 Å². The number of para-hydroxylation sites is 1. The highest BCUT2D eigenvalue weighted by Crippen LogP contribution is 2.28. The molecule has 0 spiro atoms. The van der Waals surface area contributed by atoms with E-state index in [9.17, 15) is 19.6 Å². The van der Waals surface area contributed by atoms with Crippen LogP contribution in [0.3, 0.4) is 0 Å². The Bertz CT molecular complexity index is 1210. The number of urea groups is 1. The summed E-state index contributed by atoms with van der Waals surface area (Å²) in [6, 6.07) is 18.9. The van der Waals surface area contributed by atoms with Crippen LogP contribution in [-0.4, -0.2) is 37.4 Å². The molecule has 1 unspecified atom stereocenters. The Labute approximate surface area is 178 Å². The largest absolute Gasteiger partial charge is 0.335 e. The number of nitrogens with zero attached hydrogens (tertiary/aromatic N) is 5. The Kier molecular flexibility index (Phi) is 5.09. The monoisotopic (exact) mass is 413 g/mol. The van der Waals surface area contributed by atoms with Gasteiger partial charge >= 0.3 is 17.8 Å². The number of amides is 4. The van der Waals surface area contributed by atoms with Gasteiger partial charge in [-0.15, -0.1) is 0 Å². The maximum atomic E-state index is 13.1. The van der Waals surface area contributed by atoms with E-state index >= 15 is 0 Å². The lowest BCUT2D eigenvalue weighted by atomic mass is 10.1. The van der Waals surface area contributed by atoms with Crippen LogP contribution in [0.4, 0.5) is 4.79 Å². The fraction of sp³-hybridized carbons (Fsp3) is 0.174. The molecule has 4 rings (SSSR count). The zero-order valence-corrected chi connectivity index (χ0v) is 17.0. The first-order chi connectivity index (χ1) is 14.9. The Hall–Kier alpha value is -4.25. The maximum absolute atomic E-state index is 13.1. The molecule has 3 aromatic rings. The van der Waals surface area contributed by atoms with Gasteiger partial charge in [0, 0.05) is 0 Å². The van der Waals surface area contributed by atoms with Crippen molar-refractivity contribution in [3.05, 3.63) is 83.2 Å². The van der Waals surface area contributed by atoms with Crippen LogP contribution in [0.25, 0.3) is 5.69 Å². The van der Waals surface area contributed by atoms with E-state index in [-0.39, 0.29) is 12.1 Å². The minimum absolute atomic E-state index is 0.236. The van der Waals surface area contributed by atoms with E-state index in [2.05, 4.69) is 11.2 Å². The van der Waals surface area contributed by atoms with Crippen molar-refractivity contribution in [2.75, 3.05) is 0 Å². The molecule has 31 heavy (non-hydrogen) atoms. The van der Waals surface area contributed by atoms with Gasteiger partial charge in [-0.3, -0.25) is 9.59 Å². The summed E-state index contributed by atoms with van der Waals surface area (Å²) in [5.74, 6) is -1.81. The second-order valence-electron chi connectivity index (χ2n) is 7.20. The maximum Gasteiger partial charge on any atom is 0.335 e. The quantitative estimate of drug-likeness (QED) is 0.473. The van der Waals surface area contributed by atoms with Crippen molar-refractivity contribution in [3.63, 3.8) is 0 Å². The molecule has 1 aliphatic heterocycles. The van der Waals surface area contributed by atoms with Gasteiger partial charge in [-0.25, -0.2) is 19.3 Å². The molecular weight excluding hydrogens is 394 g/mol. The first kappa shape index (κ1) is 20.0. The molecule has 0 aliphatic carbocycles. The summed E-state index contributed by atoms with van der Waals surface area (Å²) in [7, 11) is 0. The predicted octanol–water partition coefficient (Wildman–Crippen LogP) is 3.10. The van der Waals surface area contributed by atoms with E-state index < -0.39 is 23.9 Å². The number of hydrogen-bond donors (Lipinski definition) is 0. The van der Waals surface area contributed by atoms with Crippen molar-refractivity contribution in [2.45, 2.75) is 26.4 Å². The third-order valence-electron chi connectivity index (χ3n) is 5.33. The Morgan fingerprint density at radius 2 is 1.58 bits per heavy atom. The SMILES string of the molecule is Cc1nn(-c2ccccc2)c(CN2C(=O)C(=O)N(C(C)c3ccccc3)C2=O)c1C#N. The molecule has 1 atom stereocenters. The summed E-state index contributed by atoms with van der Waals surface area (Å²) in [5, 5.41) is 14.0. The molecule has 0 bridgehead atoms. The first-order valence-electron chi connectivity index (χ1n) is 9.72. The number of benzene rings is 2. The first-order valence-corrected chi connectivity index (χ1v) is 9.72. The van der Waals surface area contributed by atoms with Crippen molar-refractivity contribution < 1.29 is 14.4 Å². The lowest BCUT2D eigenvalue weighted by molar-refractivity contribution is -0.144. The smallest absolute Gasteiger partial charge is 0.263 e. The van der Waals surface area contributed by atoms with Gasteiger partial charge in [0.25, 0.3) is 0 Å². The van der Waals surface area contributed by atoms with Gasteiger partial charge in [0.15, 0.2) is 0 Å². The number of hydrogen-bond acceptors (Lipinski definition) is 5. The number of aromatic nitrogens is 2. The van der Waals surface area contributed by atoms with E-state index in [0.717, 1.165) is 15.4 Å². The average molecular weight is 413 g/mol. The van der Waals surface area contributed by atoms with Gasteiger partial charge in [0.2, 0.25) is 0 Å². The lowest BCUT2D eigenvalue weighted by Gasteiger charge is -2.22. The molecule has 8 heteroatoms. The number of imide groups is 2. The van der Waals surface area contributed by atoms with Crippen LogP contribution in [0.5, 0.6) is 0 Å². The molecule has 1 saturated heterocycles. The van der Waals surface area contributed by atoms with Crippen LogP contribution < -0.4 is 0 Å². The Morgan fingerprint density at radius 1 is 0.968 bits per heavy atom. The highest BCUT2D eigenvalue weighted by Gasteiger charge is 2.47. The summed E-state index contributed by atoms with van der Waals surface area (Å²) in [6.45, 7) is 3.14. The summed E-state index contributed by atoms with van der Waals surface area (Å²) in [6.07, 6.45) is 0. The van der Waals surface area contributed by atoms with Crippen molar-refractivity contribution in [1.29, 1.82) is 5.26 Å². The van der Waals surface area contributed by atoms with Crippen LogP contribution in [-0.2, 0) is 16.1 Å². The van der Waals surface area contributed by atoms with Crippen LogP contribution in [0.2, 0.25) is 0 Å². The van der Waals surface area contributed by atoms with Gasteiger partial charge in [-0.05, 0) is 31.5 Å². The highest BCUT2D eigenvalue weighted by molar-refractivity contribution is 6.44. The molecule has 8 nitrogen and oxygen atoms in total. The zero-order valence-electron chi connectivity index (χ0n) is 17.0. The van der Waals surface area contributed by atoms with Crippen molar-refractivity contribution in [2.24, 2.45) is 0 Å². The standard InChI is InChI=1S/C23H19N5O3/c1-15-19(13-24)20(28(25-15)18-11-7-4-8-12-18)14-26-21(29)22(30)27(23(26)31)16(2)17-9-5-3-6-10-17/h3-12,16H,14H2,1-2H3. The number of carbonyl (C=O) groups is 3. The summed E-state index contributed by atoms with van der Waals surface area (Å²) < 4.78 is 1.53. The molecule has 1 fully saturated rings. The average Bonchev–Trinajstić information content (AvgIpc) is 3.22. The van der Waals surface area contributed by atoms with Crippen molar-refractivity contribution in [3.8, 4) is 11.8 Å². The fourth-order valence-corrected chi connectivity index (χ4v) is 3.68. The second-order valence-corrected chi connectivity index (χ2v) is 7.20. The van der Waals surface area contributed by atoms with E-state index in [4.69, 9.17) is 0 Å². The molecule has 4 amide bonds. The molecular formula is C23H19N5O3. The summed E-state index contributed by atoms with van der Waals surface area (Å²) in [4.78, 5) is 40.3. The van der Waals surface area contributed by atoms with E-state index in [1.165, 1.54) is 4.68 Å². The topological polar surface area (TPSA) is 99.3 Å². The molecule has 0 saturated carbocycles. The normalized spacial score (nSPS) is 14.8. The lowest BCUT2D eigenvalue weighted by Crippen LogP contribution is -2.35.